The lowest BCUT2D eigenvalue weighted by Crippen LogP contribution is -2.58. The van der Waals surface area contributed by atoms with Gasteiger partial charge in [-0.05, 0) is 28.5 Å². The van der Waals surface area contributed by atoms with Crippen molar-refractivity contribution >= 4 is 32.9 Å². The van der Waals surface area contributed by atoms with E-state index in [4.69, 9.17) is 9.47 Å². The topological polar surface area (TPSA) is 42.8 Å². The van der Waals surface area contributed by atoms with Crippen LogP contribution in [0.1, 0.15) is 11.1 Å². The van der Waals surface area contributed by atoms with Crippen LogP contribution in [0.15, 0.2) is 64.2 Å². The molecule has 0 spiro atoms. The molecule has 1 N–H and O–H groups in total. The molecule has 0 fully saturated rings. The minimum Gasteiger partial charge on any atom is -0.493 e. The molecular formula is C22H16BrF7N2O2. The van der Waals surface area contributed by atoms with Gasteiger partial charge in [0.25, 0.3) is 0 Å². The molecule has 0 saturated carbocycles. The van der Waals surface area contributed by atoms with E-state index in [0.29, 0.717) is 16.1 Å². The highest BCUT2D eigenvalue weighted by Crippen LogP contribution is 2.45. The normalized spacial score (nSPS) is 12.9. The zero-order valence-corrected chi connectivity index (χ0v) is 18.9. The Balaban J connectivity index is 1.89. The lowest BCUT2D eigenvalue weighted by molar-refractivity contribution is -0.361. The molecule has 4 nitrogen and oxygen atoms in total. The van der Waals surface area contributed by atoms with Crippen molar-refractivity contribution in [3.63, 3.8) is 0 Å². The lowest BCUT2D eigenvalue weighted by Gasteiger charge is -2.27. The summed E-state index contributed by atoms with van der Waals surface area (Å²) in [7, 11) is 1.31. The first-order valence-electron chi connectivity index (χ1n) is 9.47. The summed E-state index contributed by atoms with van der Waals surface area (Å²) in [6, 6.07) is 10.2. The van der Waals surface area contributed by atoms with Crippen molar-refractivity contribution in [3.8, 4) is 11.5 Å². The largest absolute Gasteiger partial charge is 0.493 e. The van der Waals surface area contributed by atoms with Gasteiger partial charge < -0.3 is 9.47 Å². The van der Waals surface area contributed by atoms with Crippen molar-refractivity contribution in [1.29, 1.82) is 0 Å². The molecule has 3 aromatic carbocycles. The fourth-order valence-electron chi connectivity index (χ4n) is 2.99. The number of ether oxygens (including phenoxy) is 2. The second-order valence-electron chi connectivity index (χ2n) is 6.97. The fourth-order valence-corrected chi connectivity index (χ4v) is 3.44. The number of halogens is 8. The summed E-state index contributed by atoms with van der Waals surface area (Å²) in [6.07, 6.45) is -5.85. The van der Waals surface area contributed by atoms with E-state index in [1.165, 1.54) is 19.2 Å². The van der Waals surface area contributed by atoms with Crippen molar-refractivity contribution in [2.24, 2.45) is 5.10 Å². The predicted molar refractivity (Wildman–Crippen MR) is 116 cm³/mol. The highest BCUT2D eigenvalue weighted by atomic mass is 79.9. The van der Waals surface area contributed by atoms with Gasteiger partial charge in [-0.1, -0.05) is 58.4 Å². The molecular weight excluding hydrogens is 537 g/mol. The van der Waals surface area contributed by atoms with E-state index in [-0.39, 0.29) is 23.7 Å². The molecule has 3 rings (SSSR count). The van der Waals surface area contributed by atoms with E-state index in [1.54, 1.807) is 0 Å². The second-order valence-corrected chi connectivity index (χ2v) is 7.89. The zero-order chi connectivity index (χ0) is 25.1. The van der Waals surface area contributed by atoms with Gasteiger partial charge in [0.05, 0.1) is 13.3 Å². The number of hydrazone groups is 1. The van der Waals surface area contributed by atoms with Gasteiger partial charge >= 0.3 is 18.1 Å². The summed E-state index contributed by atoms with van der Waals surface area (Å²) in [5.74, 6) is -6.20. The Morgan fingerprint density at radius 3 is 2.32 bits per heavy atom. The minimum absolute atomic E-state index is 0.00934. The Hall–Kier alpha value is -3.02. The summed E-state index contributed by atoms with van der Waals surface area (Å²) >= 11 is 3.17. The second kappa shape index (κ2) is 9.69. The average molecular weight is 553 g/mol. The molecule has 12 heteroatoms. The van der Waals surface area contributed by atoms with Crippen molar-refractivity contribution in [1.82, 2.24) is 5.43 Å². The van der Waals surface area contributed by atoms with Crippen molar-refractivity contribution in [2.45, 2.75) is 24.8 Å². The fraction of sp³-hybridized carbons (Fsp3) is 0.227. The molecule has 0 bridgehead atoms. The SMILES string of the molecule is COc1cc(Br)cc(/C=N\NC(F)(F)C(F)(F)C(F)(F)F)c1OCc1cccc2ccccc12. The molecule has 0 radical (unpaired) electrons. The van der Waals surface area contributed by atoms with Crippen LogP contribution < -0.4 is 14.9 Å². The van der Waals surface area contributed by atoms with Crippen LogP contribution in [0.5, 0.6) is 11.5 Å². The number of hydrogen-bond donors (Lipinski definition) is 1. The van der Waals surface area contributed by atoms with Gasteiger partial charge in [-0.3, -0.25) is 0 Å². The van der Waals surface area contributed by atoms with Gasteiger partial charge in [0.2, 0.25) is 0 Å². The van der Waals surface area contributed by atoms with Crippen molar-refractivity contribution < 1.29 is 40.2 Å². The highest BCUT2D eigenvalue weighted by molar-refractivity contribution is 9.10. The number of benzene rings is 3. The van der Waals surface area contributed by atoms with Gasteiger partial charge in [-0.25, -0.2) is 5.43 Å². The number of nitrogens with one attached hydrogen (secondary N) is 1. The Labute approximate surface area is 197 Å². The number of fused-ring (bicyclic) bond motifs is 1. The maximum atomic E-state index is 13.5. The molecule has 0 aliphatic carbocycles. The van der Waals surface area contributed by atoms with Crippen molar-refractivity contribution in [3.05, 3.63) is 70.2 Å². The third-order valence-electron chi connectivity index (χ3n) is 4.68. The smallest absolute Gasteiger partial charge is 0.462 e. The van der Waals surface area contributed by atoms with Crippen LogP contribution in [-0.4, -0.2) is 31.5 Å². The molecule has 0 saturated heterocycles. The Morgan fingerprint density at radius 1 is 0.971 bits per heavy atom. The van der Waals surface area contributed by atoms with E-state index in [9.17, 15) is 30.7 Å². The Bertz CT molecular complexity index is 1190. The van der Waals surface area contributed by atoms with E-state index in [0.717, 1.165) is 16.3 Å². The highest BCUT2D eigenvalue weighted by Gasteiger charge is 2.73. The van der Waals surface area contributed by atoms with E-state index in [1.807, 2.05) is 42.5 Å². The van der Waals surface area contributed by atoms with Gasteiger partial charge in [0, 0.05) is 10.0 Å². The quantitative estimate of drug-likeness (QED) is 0.143. The van der Waals surface area contributed by atoms with Crippen molar-refractivity contribution in [2.75, 3.05) is 7.11 Å². The number of rotatable bonds is 8. The van der Waals surface area contributed by atoms with E-state index < -0.39 is 18.1 Å². The average Bonchev–Trinajstić information content (AvgIpc) is 2.77. The van der Waals surface area contributed by atoms with Crippen LogP contribution in [0.2, 0.25) is 0 Å². The molecule has 0 amide bonds. The molecule has 0 aliphatic rings. The first-order valence-corrected chi connectivity index (χ1v) is 10.3. The standard InChI is InChI=1S/C22H16BrF7N2O2/c1-33-18-10-16(23)9-15(11-31-32-22(29,30)20(24,25)21(26,27)28)19(18)34-12-14-7-4-6-13-5-2-3-8-17(13)14/h2-11,32H,12H2,1H3/b31-11-. The van der Waals surface area contributed by atoms with Crippen LogP contribution in [0, 0.1) is 0 Å². The lowest BCUT2D eigenvalue weighted by atomic mass is 10.1. The molecule has 34 heavy (non-hydrogen) atoms. The number of methoxy groups -OCH3 is 1. The molecule has 0 aliphatic heterocycles. The monoisotopic (exact) mass is 552 g/mol. The summed E-state index contributed by atoms with van der Waals surface area (Å²) in [5.41, 5.74) is 1.35. The molecule has 0 aromatic heterocycles. The van der Waals surface area contributed by atoms with Gasteiger partial charge in [0.15, 0.2) is 11.5 Å². The van der Waals surface area contributed by atoms with Gasteiger partial charge in [-0.2, -0.15) is 35.8 Å². The van der Waals surface area contributed by atoms with E-state index in [2.05, 4.69) is 21.0 Å². The number of alkyl halides is 7. The molecule has 0 unspecified atom stereocenters. The first kappa shape index (κ1) is 25.6. The van der Waals surface area contributed by atoms with Gasteiger partial charge in [0.1, 0.15) is 6.61 Å². The zero-order valence-electron chi connectivity index (χ0n) is 17.3. The van der Waals surface area contributed by atoms with Crippen LogP contribution >= 0.6 is 15.9 Å². The van der Waals surface area contributed by atoms with E-state index >= 15 is 0 Å². The molecule has 3 aromatic rings. The Kier molecular flexibility index (Phi) is 7.29. The third kappa shape index (κ3) is 5.21. The molecule has 0 heterocycles. The Morgan fingerprint density at radius 2 is 1.65 bits per heavy atom. The summed E-state index contributed by atoms with van der Waals surface area (Å²) in [4.78, 5) is 0. The maximum Gasteiger partial charge on any atom is 0.462 e. The summed E-state index contributed by atoms with van der Waals surface area (Å²) in [6.45, 7) is 0.00984. The van der Waals surface area contributed by atoms with Gasteiger partial charge in [-0.15, -0.1) is 0 Å². The number of nitrogens with zero attached hydrogens (tertiary/aromatic N) is 1. The first-order chi connectivity index (χ1) is 15.9. The summed E-state index contributed by atoms with van der Waals surface area (Å²) in [5, 5.41) is 4.76. The minimum atomic E-state index is -6.48. The van der Waals surface area contributed by atoms with Crippen LogP contribution in [0.4, 0.5) is 30.7 Å². The molecule has 182 valence electrons. The third-order valence-corrected chi connectivity index (χ3v) is 5.14. The molecule has 0 atom stereocenters. The van der Waals surface area contributed by atoms with Crippen LogP contribution in [0.3, 0.4) is 0 Å². The maximum absolute atomic E-state index is 13.5. The van der Waals surface area contributed by atoms with Crippen LogP contribution in [0.25, 0.3) is 10.8 Å². The van der Waals surface area contributed by atoms with Crippen LogP contribution in [-0.2, 0) is 6.61 Å². The summed E-state index contributed by atoms with van der Waals surface area (Å²) < 4.78 is 101. The number of hydrogen-bond acceptors (Lipinski definition) is 4. The predicted octanol–water partition coefficient (Wildman–Crippen LogP) is 6.90.